The Morgan fingerprint density at radius 3 is 2.57 bits per heavy atom. The summed E-state index contributed by atoms with van der Waals surface area (Å²) in [5, 5.41) is 14.0. The van der Waals surface area contributed by atoms with Gasteiger partial charge >= 0.3 is 0 Å². The lowest BCUT2D eigenvalue weighted by atomic mass is 10.0. The molecule has 1 aromatic heterocycles. The first-order valence-electron chi connectivity index (χ1n) is 16.7. The van der Waals surface area contributed by atoms with Gasteiger partial charge in [-0.05, 0) is 89.9 Å². The van der Waals surface area contributed by atoms with E-state index in [1.54, 1.807) is 30.9 Å². The molecule has 2 aliphatic rings. The van der Waals surface area contributed by atoms with E-state index in [0.717, 1.165) is 36.3 Å². The number of aliphatic hydroxyl groups is 1. The van der Waals surface area contributed by atoms with E-state index in [4.69, 9.17) is 23.5 Å². The van der Waals surface area contributed by atoms with Crippen LogP contribution in [0.4, 0.5) is 5.69 Å². The van der Waals surface area contributed by atoms with Gasteiger partial charge in [-0.3, -0.25) is 14.4 Å². The number of sulfonamides is 1. The van der Waals surface area contributed by atoms with Crippen LogP contribution in [0.25, 0.3) is 0 Å². The molecule has 2 aromatic carbocycles. The van der Waals surface area contributed by atoms with Gasteiger partial charge < -0.3 is 33.5 Å². The van der Waals surface area contributed by atoms with Crippen molar-refractivity contribution in [2.45, 2.75) is 83.6 Å². The highest BCUT2D eigenvalue weighted by molar-refractivity contribution is 7.92. The first-order chi connectivity index (χ1) is 23.4. The van der Waals surface area contributed by atoms with Gasteiger partial charge in [-0.1, -0.05) is 18.1 Å². The number of aryl methyl sites for hydroxylation is 2. The lowest BCUT2D eigenvalue weighted by Crippen LogP contribution is -2.47. The first-order valence-corrected chi connectivity index (χ1v) is 18.2. The molecule has 0 radical (unpaired) electrons. The van der Waals surface area contributed by atoms with Gasteiger partial charge in [-0.2, -0.15) is 0 Å². The summed E-state index contributed by atoms with van der Waals surface area (Å²) in [5.41, 5.74) is 1.68. The number of ether oxygens (including phenoxy) is 4. The van der Waals surface area contributed by atoms with Crippen molar-refractivity contribution in [3.8, 4) is 17.2 Å². The number of hydrogen-bond acceptors (Lipinski definition) is 11. The zero-order valence-corrected chi connectivity index (χ0v) is 29.9. The molecule has 5 rings (SSSR count). The molecule has 0 saturated carbocycles. The van der Waals surface area contributed by atoms with Crippen LogP contribution in [0.1, 0.15) is 67.4 Å². The van der Waals surface area contributed by atoms with Crippen LogP contribution in [0.3, 0.4) is 0 Å². The molecule has 0 aliphatic carbocycles. The van der Waals surface area contributed by atoms with Crippen molar-refractivity contribution in [2.24, 2.45) is 5.92 Å². The number of benzene rings is 2. The number of nitrogens with zero attached hydrogens (tertiary/aromatic N) is 3. The smallest absolute Gasteiger partial charge is 0.267 e. The van der Waals surface area contributed by atoms with E-state index in [1.807, 2.05) is 39.1 Å². The minimum Gasteiger partial charge on any atom is -0.490 e. The number of rotatable bonds is 9. The van der Waals surface area contributed by atoms with Crippen molar-refractivity contribution >= 4 is 21.6 Å². The molecule has 0 fully saturated rings. The number of amides is 1. The van der Waals surface area contributed by atoms with Crippen LogP contribution in [0.15, 0.2) is 45.8 Å². The van der Waals surface area contributed by atoms with Crippen molar-refractivity contribution in [3.63, 3.8) is 0 Å². The number of aromatic nitrogens is 1. The maximum absolute atomic E-state index is 14.4. The molecule has 268 valence electrons. The van der Waals surface area contributed by atoms with Gasteiger partial charge in [0.25, 0.3) is 15.9 Å². The predicted molar refractivity (Wildman–Crippen MR) is 183 cm³/mol. The molecule has 0 saturated heterocycles. The van der Waals surface area contributed by atoms with Gasteiger partial charge in [0.2, 0.25) is 6.79 Å². The molecular formula is C35H48N4O9S. The fraction of sp³-hybridized carbons (Fsp3) is 0.543. The number of hydrogen-bond donors (Lipinski definition) is 2. The second-order valence-electron chi connectivity index (χ2n) is 13.2. The molecule has 49 heavy (non-hydrogen) atoms. The van der Waals surface area contributed by atoms with Gasteiger partial charge in [0.15, 0.2) is 22.2 Å². The number of anilines is 1. The quantitative estimate of drug-likeness (QED) is 0.318. The van der Waals surface area contributed by atoms with Gasteiger partial charge in [0, 0.05) is 37.8 Å². The predicted octanol–water partition coefficient (Wildman–Crippen LogP) is 4.75. The molecule has 4 atom stereocenters. The van der Waals surface area contributed by atoms with Crippen molar-refractivity contribution in [2.75, 3.05) is 44.9 Å². The van der Waals surface area contributed by atoms with Crippen molar-refractivity contribution in [3.05, 3.63) is 59.0 Å². The topological polar surface area (TPSA) is 153 Å². The molecule has 2 N–H and O–H groups in total. The summed E-state index contributed by atoms with van der Waals surface area (Å²) in [6.07, 6.45) is 2.00. The van der Waals surface area contributed by atoms with E-state index in [9.17, 15) is 18.3 Å². The number of fused-ring (bicyclic) bond motifs is 2. The van der Waals surface area contributed by atoms with Gasteiger partial charge in [0.1, 0.15) is 11.4 Å². The highest BCUT2D eigenvalue weighted by Gasteiger charge is 2.31. The largest absolute Gasteiger partial charge is 0.490 e. The maximum Gasteiger partial charge on any atom is 0.267 e. The normalized spacial score (nSPS) is 21.2. The Balaban J connectivity index is 1.41. The molecular weight excluding hydrogens is 652 g/mol. The van der Waals surface area contributed by atoms with E-state index in [-0.39, 0.29) is 65.7 Å². The zero-order valence-electron chi connectivity index (χ0n) is 29.1. The van der Waals surface area contributed by atoms with Crippen molar-refractivity contribution < 1.29 is 41.8 Å². The summed E-state index contributed by atoms with van der Waals surface area (Å²) < 4.78 is 58.1. The van der Waals surface area contributed by atoms with Gasteiger partial charge in [-0.15, -0.1) is 0 Å². The summed E-state index contributed by atoms with van der Waals surface area (Å²) >= 11 is 0. The Hall–Kier alpha value is -3.85. The monoisotopic (exact) mass is 700 g/mol. The standard InChI is InChI=1S/C35H48N4O9S/c1-22-17-39(23(2)20-40)35(41)29-16-28(37-49(42,43)34-25(4)36-48-26(34)5)11-13-30(29)47-24(3)9-7-8-14-44-33(22)19-38(6)18-27-10-12-31-32(15-27)46-21-45-31/h10-13,15-16,22-24,33,37,40H,7-9,14,17-21H2,1-6H3/t22-,23+,24+,33+/m0/s1. The average Bonchev–Trinajstić information content (AvgIpc) is 3.67. The zero-order chi connectivity index (χ0) is 35.3. The molecule has 3 aromatic rings. The van der Waals surface area contributed by atoms with Gasteiger partial charge in [-0.25, -0.2) is 8.42 Å². The Labute approximate surface area is 288 Å². The third-order valence-electron chi connectivity index (χ3n) is 8.92. The van der Waals surface area contributed by atoms with Crippen LogP contribution in [-0.4, -0.2) is 92.8 Å². The molecule has 1 amide bonds. The van der Waals surface area contributed by atoms with Crippen molar-refractivity contribution in [1.29, 1.82) is 0 Å². The van der Waals surface area contributed by atoms with Crippen LogP contribution in [-0.2, 0) is 21.3 Å². The maximum atomic E-state index is 14.4. The third kappa shape index (κ3) is 8.85. The molecule has 0 unspecified atom stereocenters. The second kappa shape index (κ2) is 15.8. The van der Waals surface area contributed by atoms with E-state index >= 15 is 0 Å². The fourth-order valence-corrected chi connectivity index (χ4v) is 7.62. The summed E-state index contributed by atoms with van der Waals surface area (Å²) in [7, 11) is -2.04. The highest BCUT2D eigenvalue weighted by Crippen LogP contribution is 2.33. The Kier molecular flexibility index (Phi) is 11.7. The first kappa shape index (κ1) is 36.4. The molecule has 13 nitrogen and oxygen atoms in total. The van der Waals surface area contributed by atoms with E-state index in [1.165, 1.54) is 13.0 Å². The van der Waals surface area contributed by atoms with Gasteiger partial charge in [0.05, 0.1) is 30.4 Å². The molecule has 0 spiro atoms. The number of carbonyl (C=O) groups is 1. The van der Waals surface area contributed by atoms with Crippen molar-refractivity contribution in [1.82, 2.24) is 15.0 Å². The Morgan fingerprint density at radius 1 is 1.08 bits per heavy atom. The summed E-state index contributed by atoms with van der Waals surface area (Å²) in [6.45, 7) is 10.9. The molecule has 0 bridgehead atoms. The minimum atomic E-state index is -4.07. The van der Waals surface area contributed by atoms with Crippen LogP contribution < -0.4 is 18.9 Å². The lowest BCUT2D eigenvalue weighted by molar-refractivity contribution is -0.0177. The number of carbonyl (C=O) groups excluding carboxylic acids is 1. The number of nitrogens with one attached hydrogen (secondary N) is 1. The lowest BCUT2D eigenvalue weighted by Gasteiger charge is -2.36. The van der Waals surface area contributed by atoms with Crippen LogP contribution >= 0.6 is 0 Å². The molecule has 3 heterocycles. The SMILES string of the molecule is Cc1noc(C)c1S(=O)(=O)Nc1ccc2c(c1)C(=O)N([C@H](C)CO)C[C@H](C)[C@@H](CN(C)Cc1ccc3c(c1)OCO3)OCCCC[C@@H](C)O2. The highest BCUT2D eigenvalue weighted by atomic mass is 32.2. The summed E-state index contributed by atoms with van der Waals surface area (Å²) in [5.74, 6) is 1.46. The van der Waals surface area contributed by atoms with E-state index in [0.29, 0.717) is 25.4 Å². The Morgan fingerprint density at radius 2 is 1.84 bits per heavy atom. The van der Waals surface area contributed by atoms with E-state index in [2.05, 4.69) is 14.8 Å². The second-order valence-corrected chi connectivity index (χ2v) is 14.8. The average molecular weight is 701 g/mol. The van der Waals surface area contributed by atoms with Crippen LogP contribution in [0.2, 0.25) is 0 Å². The minimum absolute atomic E-state index is 0.0531. The molecule has 2 aliphatic heterocycles. The van der Waals surface area contributed by atoms with E-state index < -0.39 is 22.0 Å². The van der Waals surface area contributed by atoms with Crippen LogP contribution in [0, 0.1) is 19.8 Å². The summed E-state index contributed by atoms with van der Waals surface area (Å²) in [4.78, 5) is 18.2. The summed E-state index contributed by atoms with van der Waals surface area (Å²) in [6, 6.07) is 10.1. The fourth-order valence-electron chi connectivity index (χ4n) is 6.24. The number of aliphatic hydroxyl groups excluding tert-OH is 1. The molecule has 14 heteroatoms. The Bertz CT molecular complexity index is 1690. The third-order valence-corrected chi connectivity index (χ3v) is 10.5. The number of likely N-dealkylation sites (N-methyl/N-ethyl adjacent to an activating group) is 1. The van der Waals surface area contributed by atoms with Crippen LogP contribution in [0.5, 0.6) is 17.2 Å².